The van der Waals surface area contributed by atoms with E-state index in [0.717, 1.165) is 21.0 Å². The summed E-state index contributed by atoms with van der Waals surface area (Å²) in [6, 6.07) is 13.0. The molecule has 0 spiro atoms. The number of para-hydroxylation sites is 1. The van der Waals surface area contributed by atoms with Gasteiger partial charge in [0.2, 0.25) is 23.6 Å². The minimum Gasteiger partial charge on any atom is -0.478 e. The molecule has 2 aromatic heterocycles. The number of carbonyl (C=O) groups is 9. The third-order valence-corrected chi connectivity index (χ3v) is 13.2. The van der Waals surface area contributed by atoms with Crippen molar-refractivity contribution in [3.63, 3.8) is 0 Å². The molecule has 6 N–H and O–H groups in total. The topological polar surface area (TPSA) is 277 Å². The number of aromatic carboxylic acids is 1. The number of methoxy groups -OCH3 is 1. The van der Waals surface area contributed by atoms with Crippen molar-refractivity contribution in [3.8, 4) is 0 Å². The molecule has 2 aliphatic heterocycles. The van der Waals surface area contributed by atoms with Crippen LogP contribution >= 0.6 is 0 Å². The second kappa shape index (κ2) is 24.7. The van der Waals surface area contributed by atoms with Crippen molar-refractivity contribution in [2.24, 2.45) is 17.6 Å². The number of aromatic amines is 1. The molecule has 376 valence electrons. The lowest BCUT2D eigenvalue weighted by atomic mass is 9.90. The lowest BCUT2D eigenvalue weighted by Gasteiger charge is -2.29. The Labute approximate surface area is 410 Å². The number of primary amides is 1. The Morgan fingerprint density at radius 2 is 1.54 bits per heavy atom. The minimum absolute atomic E-state index is 0.0106. The number of Topliss-reactive ketones (excluding diaryl/α,β-unsaturated/α-hetero) is 2. The molecule has 2 aliphatic rings. The van der Waals surface area contributed by atoms with Gasteiger partial charge >= 0.3 is 11.9 Å². The summed E-state index contributed by atoms with van der Waals surface area (Å²) >= 11 is 0. The number of anilines is 1. The number of esters is 1. The standard InChI is InChI=1S/C52H61N7O12/c1-3-4-14-32(29-44(61)40(19-9-10-23-45(62)71-2)55-47(64)37-16-5-6-17-38(37)52(69)70)49(66)59-26-13-22-43(59)48(65)56-41-20-11-24-57(51(41)68)31-35(60)28-33(50(67)58-25-12-21-42(58)46(53)63)27-34-30-54-39-18-8-7-15-36(34)39/h5-8,10-11,15-18,20,23-24,30,32-33,40,42-43,54H,3-4,9,12-14,19,21-22,25-29,31H2,1-2H3,(H2,53,63)(H,55,64)(H,56,65)(H,69,70)/b23-10+/t32-,33-,40+,42+,43+/m1/s1. The molecular weight excluding hydrogens is 915 g/mol. The molecule has 4 heterocycles. The number of carboxylic acids is 1. The third-order valence-electron chi connectivity index (χ3n) is 13.2. The summed E-state index contributed by atoms with van der Waals surface area (Å²) in [4.78, 5) is 140. The van der Waals surface area contributed by atoms with Gasteiger partial charge in [0, 0.05) is 67.1 Å². The SMILES string of the molecule is CCCC[C@H](CC(=O)[C@H](CC/C=C/C(=O)OC)NC(=O)c1ccccc1C(=O)O)C(=O)N1CCC[C@H]1C(=O)Nc1cccn(CC(=O)C[C@@H](Cc2c[nH]c3ccccc23)C(=O)N2CCC[C@H]2C(N)=O)c1=O. The Morgan fingerprint density at radius 1 is 0.859 bits per heavy atom. The average molecular weight is 976 g/mol. The molecule has 71 heavy (non-hydrogen) atoms. The molecule has 2 saturated heterocycles. The van der Waals surface area contributed by atoms with Crippen molar-refractivity contribution in [1.29, 1.82) is 0 Å². The first-order valence-electron chi connectivity index (χ1n) is 24.0. The third kappa shape index (κ3) is 13.3. The summed E-state index contributed by atoms with van der Waals surface area (Å²) in [5.41, 5.74) is 6.05. The number of carboxylic acid groups (broad SMARTS) is 1. The number of fused-ring (bicyclic) bond motifs is 1. The lowest BCUT2D eigenvalue weighted by Crippen LogP contribution is -2.48. The number of aromatic nitrogens is 2. The van der Waals surface area contributed by atoms with E-state index in [0.29, 0.717) is 38.6 Å². The molecular formula is C52H61N7O12. The van der Waals surface area contributed by atoms with Crippen molar-refractivity contribution in [2.75, 3.05) is 25.5 Å². The largest absolute Gasteiger partial charge is 0.478 e. The van der Waals surface area contributed by atoms with Gasteiger partial charge in [-0.2, -0.15) is 0 Å². The van der Waals surface area contributed by atoms with E-state index < -0.39 is 89.2 Å². The number of amides is 5. The lowest BCUT2D eigenvalue weighted by molar-refractivity contribution is -0.142. The van der Waals surface area contributed by atoms with Crippen molar-refractivity contribution in [1.82, 2.24) is 24.7 Å². The molecule has 6 rings (SSSR count). The normalized spacial score (nSPS) is 16.9. The molecule has 0 radical (unpaired) electrons. The van der Waals surface area contributed by atoms with E-state index in [1.807, 2.05) is 31.2 Å². The molecule has 0 bridgehead atoms. The number of unbranched alkanes of at least 4 members (excludes halogenated alkanes) is 1. The highest BCUT2D eigenvalue weighted by Crippen LogP contribution is 2.29. The number of carbonyl (C=O) groups excluding carboxylic acids is 8. The first kappa shape index (κ1) is 52.7. The van der Waals surface area contributed by atoms with Gasteiger partial charge in [-0.25, -0.2) is 9.59 Å². The van der Waals surface area contributed by atoms with Crippen LogP contribution in [-0.4, -0.2) is 116 Å². The number of benzene rings is 2. The Kier molecular flexibility index (Phi) is 18.3. The van der Waals surface area contributed by atoms with E-state index >= 15 is 0 Å². The van der Waals surface area contributed by atoms with Gasteiger partial charge in [-0.1, -0.05) is 56.2 Å². The van der Waals surface area contributed by atoms with Gasteiger partial charge in [-0.3, -0.25) is 38.4 Å². The fraction of sp³-hybridized carbons (Fsp3) is 0.423. The monoisotopic (exact) mass is 975 g/mol. The zero-order valence-electron chi connectivity index (χ0n) is 39.9. The predicted octanol–water partition coefficient (Wildman–Crippen LogP) is 4.33. The molecule has 2 aromatic carbocycles. The zero-order valence-corrected chi connectivity index (χ0v) is 39.9. The van der Waals surface area contributed by atoms with Gasteiger partial charge < -0.3 is 45.6 Å². The van der Waals surface area contributed by atoms with Crippen LogP contribution in [0.3, 0.4) is 0 Å². The maximum atomic E-state index is 14.4. The number of hydrogen-bond donors (Lipinski definition) is 5. The number of ether oxygens (including phenoxy) is 1. The summed E-state index contributed by atoms with van der Waals surface area (Å²) in [5.74, 6) is -7.59. The molecule has 0 aliphatic carbocycles. The second-order valence-corrected chi connectivity index (χ2v) is 18.0. The van der Waals surface area contributed by atoms with Crippen LogP contribution in [0.2, 0.25) is 0 Å². The van der Waals surface area contributed by atoms with Crippen LogP contribution in [0, 0.1) is 11.8 Å². The van der Waals surface area contributed by atoms with E-state index in [2.05, 4.69) is 20.4 Å². The van der Waals surface area contributed by atoms with E-state index in [1.54, 1.807) is 6.20 Å². The first-order chi connectivity index (χ1) is 34.1. The fourth-order valence-electron chi connectivity index (χ4n) is 9.49. The van der Waals surface area contributed by atoms with Crippen LogP contribution in [-0.2, 0) is 51.3 Å². The number of rotatable bonds is 24. The number of likely N-dealkylation sites (tertiary alicyclic amines) is 2. The molecule has 0 saturated carbocycles. The van der Waals surface area contributed by atoms with Crippen molar-refractivity contribution < 1.29 is 53.0 Å². The highest BCUT2D eigenvalue weighted by molar-refractivity contribution is 6.06. The Balaban J connectivity index is 1.15. The van der Waals surface area contributed by atoms with E-state index in [4.69, 9.17) is 5.73 Å². The minimum atomic E-state index is -1.34. The van der Waals surface area contributed by atoms with Crippen molar-refractivity contribution in [3.05, 3.63) is 112 Å². The van der Waals surface area contributed by atoms with E-state index in [-0.39, 0.29) is 74.2 Å². The maximum Gasteiger partial charge on any atom is 0.336 e. The molecule has 19 heteroatoms. The predicted molar refractivity (Wildman–Crippen MR) is 261 cm³/mol. The number of allylic oxidation sites excluding steroid dienone is 1. The fourth-order valence-corrected chi connectivity index (χ4v) is 9.49. The molecule has 5 atom stereocenters. The van der Waals surface area contributed by atoms with Crippen LogP contribution in [0.4, 0.5) is 5.69 Å². The quantitative estimate of drug-likeness (QED) is 0.0485. The number of nitrogens with zero attached hydrogens (tertiary/aromatic N) is 3. The van der Waals surface area contributed by atoms with E-state index in [9.17, 15) is 53.1 Å². The molecule has 2 fully saturated rings. The highest BCUT2D eigenvalue weighted by atomic mass is 16.5. The van der Waals surface area contributed by atoms with Crippen LogP contribution in [0.25, 0.3) is 10.9 Å². The average Bonchev–Trinajstić information content (AvgIpc) is 4.15. The van der Waals surface area contributed by atoms with Gasteiger partial charge in [0.25, 0.3) is 11.5 Å². The van der Waals surface area contributed by atoms with Crippen LogP contribution in [0.5, 0.6) is 0 Å². The Hall–Kier alpha value is -7.70. The molecule has 5 amide bonds. The first-order valence-corrected chi connectivity index (χ1v) is 24.0. The van der Waals surface area contributed by atoms with Crippen molar-refractivity contribution in [2.45, 2.75) is 109 Å². The summed E-state index contributed by atoms with van der Waals surface area (Å²) in [7, 11) is 1.21. The van der Waals surface area contributed by atoms with E-state index in [1.165, 1.54) is 71.7 Å². The summed E-state index contributed by atoms with van der Waals surface area (Å²) in [6.07, 6.45) is 8.86. The van der Waals surface area contributed by atoms with Crippen molar-refractivity contribution >= 4 is 69.6 Å². The van der Waals surface area contributed by atoms with Gasteiger partial charge in [-0.05, 0) is 87.3 Å². The number of hydrogen-bond acceptors (Lipinski definition) is 11. The van der Waals surface area contributed by atoms with Gasteiger partial charge in [0.1, 0.15) is 17.8 Å². The van der Waals surface area contributed by atoms with Crippen LogP contribution in [0.15, 0.2) is 90.0 Å². The maximum absolute atomic E-state index is 14.4. The number of nitrogens with two attached hydrogens (primary N) is 1. The Bertz CT molecular complexity index is 2740. The smallest absolute Gasteiger partial charge is 0.336 e. The number of nitrogens with one attached hydrogen (secondary N) is 3. The summed E-state index contributed by atoms with van der Waals surface area (Å²) in [5, 5.41) is 15.9. The zero-order chi connectivity index (χ0) is 51.2. The van der Waals surface area contributed by atoms with Gasteiger partial charge in [-0.15, -0.1) is 0 Å². The Morgan fingerprint density at radius 3 is 2.24 bits per heavy atom. The molecule has 0 unspecified atom stereocenters. The highest BCUT2D eigenvalue weighted by Gasteiger charge is 2.40. The summed E-state index contributed by atoms with van der Waals surface area (Å²) in [6.45, 7) is 2.02. The number of H-pyrrole nitrogens is 1. The van der Waals surface area contributed by atoms with Crippen LogP contribution < -0.4 is 21.9 Å². The molecule has 19 nitrogen and oxygen atoms in total. The number of pyridine rings is 1. The second-order valence-electron chi connectivity index (χ2n) is 18.0. The van der Waals surface area contributed by atoms with Gasteiger partial charge in [0.05, 0.1) is 30.8 Å². The van der Waals surface area contributed by atoms with Crippen LogP contribution in [0.1, 0.15) is 104 Å². The summed E-state index contributed by atoms with van der Waals surface area (Å²) < 4.78 is 5.77. The molecule has 4 aromatic rings. The number of ketones is 2. The van der Waals surface area contributed by atoms with Gasteiger partial charge in [0.15, 0.2) is 11.6 Å².